The molecule has 1 aliphatic heterocycles. The predicted molar refractivity (Wildman–Crippen MR) is 98.4 cm³/mol. The van der Waals surface area contributed by atoms with E-state index in [0.29, 0.717) is 0 Å². The third-order valence-electron chi connectivity index (χ3n) is 4.30. The van der Waals surface area contributed by atoms with Crippen LogP contribution in [-0.4, -0.2) is 11.9 Å². The summed E-state index contributed by atoms with van der Waals surface area (Å²) in [5.41, 5.74) is 3.80. The first kappa shape index (κ1) is 18.0. The second kappa shape index (κ2) is 7.47. The van der Waals surface area contributed by atoms with Gasteiger partial charge in [-0.2, -0.15) is 0 Å². The van der Waals surface area contributed by atoms with Crippen LogP contribution in [0.4, 0.5) is 0 Å². The largest absolute Gasteiger partial charge is 0.348 e. The molecule has 0 spiro atoms. The maximum absolute atomic E-state index is 12.5. The van der Waals surface area contributed by atoms with Crippen LogP contribution in [-0.2, 0) is 17.8 Å². The molecule has 2 unspecified atom stereocenters. The fraction of sp³-hybridized carbons (Fsp3) is 0.389. The molecule has 1 aliphatic rings. The van der Waals surface area contributed by atoms with E-state index in [-0.39, 0.29) is 30.4 Å². The summed E-state index contributed by atoms with van der Waals surface area (Å²) in [6.07, 6.45) is 0.760. The van der Waals surface area contributed by atoms with Gasteiger partial charge in [0.2, 0.25) is 5.91 Å². The zero-order valence-corrected chi connectivity index (χ0v) is 15.3. The third kappa shape index (κ3) is 3.94. The molecule has 5 heteroatoms. The number of benzene rings is 1. The van der Waals surface area contributed by atoms with Crippen molar-refractivity contribution in [2.45, 2.75) is 45.8 Å². The Morgan fingerprint density at radius 3 is 2.65 bits per heavy atom. The minimum atomic E-state index is -0.141. The summed E-state index contributed by atoms with van der Waals surface area (Å²) in [5, 5.41) is 6.50. The summed E-state index contributed by atoms with van der Waals surface area (Å²) in [7, 11) is 0. The van der Waals surface area contributed by atoms with Crippen LogP contribution < -0.4 is 10.6 Å². The van der Waals surface area contributed by atoms with Gasteiger partial charge in [-0.15, -0.1) is 23.7 Å². The molecular weight excluding hydrogens is 328 g/mol. The van der Waals surface area contributed by atoms with Crippen molar-refractivity contribution in [3.63, 3.8) is 0 Å². The smallest absolute Gasteiger partial charge is 0.237 e. The average molecular weight is 351 g/mol. The zero-order valence-electron chi connectivity index (χ0n) is 13.7. The molecule has 0 bridgehead atoms. The fourth-order valence-electron chi connectivity index (χ4n) is 3.11. The van der Waals surface area contributed by atoms with Crippen LogP contribution in [0.1, 0.15) is 39.4 Å². The number of nitrogens with one attached hydrogen (secondary N) is 2. The van der Waals surface area contributed by atoms with E-state index >= 15 is 0 Å². The van der Waals surface area contributed by atoms with E-state index < -0.39 is 0 Å². The molecule has 2 heterocycles. The normalized spacial score (nSPS) is 17.8. The number of fused-ring (bicyclic) bond motifs is 1. The second-order valence-electron chi connectivity index (χ2n) is 6.01. The van der Waals surface area contributed by atoms with Gasteiger partial charge in [0.05, 0.1) is 12.1 Å². The number of carbonyl (C=O) groups is 1. The lowest BCUT2D eigenvalue weighted by atomic mass is 9.95. The van der Waals surface area contributed by atoms with Gasteiger partial charge in [0.15, 0.2) is 0 Å². The number of halogens is 1. The van der Waals surface area contributed by atoms with Gasteiger partial charge < -0.3 is 10.6 Å². The molecule has 0 saturated heterocycles. The molecule has 23 heavy (non-hydrogen) atoms. The van der Waals surface area contributed by atoms with E-state index in [1.54, 1.807) is 11.3 Å². The van der Waals surface area contributed by atoms with Crippen LogP contribution in [0.15, 0.2) is 30.3 Å². The van der Waals surface area contributed by atoms with Crippen molar-refractivity contribution in [1.82, 2.24) is 10.6 Å². The molecule has 1 aromatic carbocycles. The first-order valence-electron chi connectivity index (χ1n) is 7.72. The molecule has 0 aliphatic carbocycles. The fourth-order valence-corrected chi connectivity index (χ4v) is 4.13. The Balaban J connectivity index is 0.00000192. The Morgan fingerprint density at radius 2 is 2.00 bits per heavy atom. The lowest BCUT2D eigenvalue weighted by Gasteiger charge is -2.26. The summed E-state index contributed by atoms with van der Waals surface area (Å²) in [6.45, 7) is 7.04. The van der Waals surface area contributed by atoms with Crippen molar-refractivity contribution < 1.29 is 4.79 Å². The number of aryl methyl sites for hydroxylation is 2. The highest BCUT2D eigenvalue weighted by atomic mass is 35.5. The molecule has 3 nitrogen and oxygen atoms in total. The highest BCUT2D eigenvalue weighted by molar-refractivity contribution is 7.12. The molecule has 2 atom stereocenters. The number of hydrogen-bond acceptors (Lipinski definition) is 3. The SMILES string of the molecule is Cc1cc(C(C)NC(=O)C2Cc3ccccc3CN2)c(C)s1.Cl. The maximum atomic E-state index is 12.5. The summed E-state index contributed by atoms with van der Waals surface area (Å²) in [4.78, 5) is 15.1. The van der Waals surface area contributed by atoms with Gasteiger partial charge in [-0.05, 0) is 49.9 Å². The van der Waals surface area contributed by atoms with E-state index in [9.17, 15) is 4.79 Å². The van der Waals surface area contributed by atoms with Crippen LogP contribution in [0.2, 0.25) is 0 Å². The first-order chi connectivity index (χ1) is 10.5. The quantitative estimate of drug-likeness (QED) is 0.886. The Morgan fingerprint density at radius 1 is 1.30 bits per heavy atom. The molecule has 2 aromatic rings. The Hall–Kier alpha value is -1.36. The van der Waals surface area contributed by atoms with Crippen molar-refractivity contribution in [1.29, 1.82) is 0 Å². The van der Waals surface area contributed by atoms with Crippen LogP contribution in [0.5, 0.6) is 0 Å². The molecule has 1 amide bonds. The van der Waals surface area contributed by atoms with Gasteiger partial charge in [0.1, 0.15) is 0 Å². The predicted octanol–water partition coefficient (Wildman–Crippen LogP) is 3.68. The lowest BCUT2D eigenvalue weighted by Crippen LogP contribution is -2.48. The maximum Gasteiger partial charge on any atom is 0.237 e. The van der Waals surface area contributed by atoms with Crippen molar-refractivity contribution >= 4 is 29.7 Å². The average Bonchev–Trinajstić information content (AvgIpc) is 2.85. The molecule has 124 valence electrons. The molecule has 1 aromatic heterocycles. The van der Waals surface area contributed by atoms with Crippen LogP contribution in [0, 0.1) is 13.8 Å². The molecule has 0 fully saturated rings. The van der Waals surface area contributed by atoms with E-state index in [2.05, 4.69) is 49.6 Å². The van der Waals surface area contributed by atoms with E-state index in [0.717, 1.165) is 13.0 Å². The van der Waals surface area contributed by atoms with Gasteiger partial charge >= 0.3 is 0 Å². The minimum Gasteiger partial charge on any atom is -0.348 e. The number of thiophene rings is 1. The van der Waals surface area contributed by atoms with Crippen LogP contribution >= 0.6 is 23.7 Å². The van der Waals surface area contributed by atoms with E-state index in [1.807, 2.05) is 12.1 Å². The Kier molecular flexibility index (Phi) is 5.84. The minimum absolute atomic E-state index is 0. The Labute approximate surface area is 147 Å². The topological polar surface area (TPSA) is 41.1 Å². The zero-order chi connectivity index (χ0) is 15.7. The van der Waals surface area contributed by atoms with Gasteiger partial charge in [-0.1, -0.05) is 24.3 Å². The number of carbonyl (C=O) groups excluding carboxylic acids is 1. The lowest BCUT2D eigenvalue weighted by molar-refractivity contribution is -0.124. The molecule has 2 N–H and O–H groups in total. The second-order valence-corrected chi connectivity index (χ2v) is 7.47. The van der Waals surface area contributed by atoms with Gasteiger partial charge in [-0.25, -0.2) is 0 Å². The monoisotopic (exact) mass is 350 g/mol. The number of amides is 1. The molecule has 0 radical (unpaired) electrons. The summed E-state index contributed by atoms with van der Waals surface area (Å²) >= 11 is 1.78. The standard InChI is InChI=1S/C18H22N2OS.ClH/c1-11-8-16(13(3)22-11)12(2)20-18(21)17-9-14-6-4-5-7-15(14)10-19-17;/h4-8,12,17,19H,9-10H2,1-3H3,(H,20,21);1H. The number of hydrogen-bond donors (Lipinski definition) is 2. The highest BCUT2D eigenvalue weighted by Crippen LogP contribution is 2.26. The van der Waals surface area contributed by atoms with Crippen molar-refractivity contribution in [2.24, 2.45) is 0 Å². The van der Waals surface area contributed by atoms with E-state index in [4.69, 9.17) is 0 Å². The Bertz CT molecular complexity index is 698. The first-order valence-corrected chi connectivity index (χ1v) is 8.53. The molecular formula is C18H23ClN2OS. The summed E-state index contributed by atoms with van der Waals surface area (Å²) in [6, 6.07) is 10.4. The highest BCUT2D eigenvalue weighted by Gasteiger charge is 2.25. The third-order valence-corrected chi connectivity index (χ3v) is 5.28. The van der Waals surface area contributed by atoms with Crippen molar-refractivity contribution in [3.05, 3.63) is 56.8 Å². The van der Waals surface area contributed by atoms with Crippen LogP contribution in [0.25, 0.3) is 0 Å². The van der Waals surface area contributed by atoms with Gasteiger partial charge in [-0.3, -0.25) is 4.79 Å². The number of rotatable bonds is 3. The van der Waals surface area contributed by atoms with Crippen molar-refractivity contribution in [3.8, 4) is 0 Å². The van der Waals surface area contributed by atoms with Gasteiger partial charge in [0, 0.05) is 16.3 Å². The molecule has 3 rings (SSSR count). The van der Waals surface area contributed by atoms with E-state index in [1.165, 1.54) is 26.4 Å². The molecule has 0 saturated carbocycles. The summed E-state index contributed by atoms with van der Waals surface area (Å²) in [5.74, 6) is 0.0882. The summed E-state index contributed by atoms with van der Waals surface area (Å²) < 4.78 is 0. The van der Waals surface area contributed by atoms with Crippen molar-refractivity contribution in [2.75, 3.05) is 0 Å². The van der Waals surface area contributed by atoms with Gasteiger partial charge in [0.25, 0.3) is 0 Å². The van der Waals surface area contributed by atoms with Crippen LogP contribution in [0.3, 0.4) is 0 Å².